The van der Waals surface area contributed by atoms with Crippen molar-refractivity contribution in [2.24, 2.45) is 0 Å². The first-order chi connectivity index (χ1) is 14.1. The monoisotopic (exact) mass is 416 g/mol. The van der Waals surface area contributed by atoms with Crippen LogP contribution in [0, 0.1) is 6.92 Å². The van der Waals surface area contributed by atoms with Crippen LogP contribution in [-0.2, 0) is 10.0 Å². The second kappa shape index (κ2) is 8.38. The Morgan fingerprint density at radius 3 is 2.62 bits per heavy atom. The molecular formula is C20H24N4O4S. The topological polar surface area (TPSA) is 86.5 Å². The predicted molar refractivity (Wildman–Crippen MR) is 108 cm³/mol. The maximum atomic E-state index is 12.9. The quantitative estimate of drug-likeness (QED) is 0.550. The second-order valence-electron chi connectivity index (χ2n) is 7.02. The lowest BCUT2D eigenvalue weighted by atomic mass is 10.2. The minimum Gasteiger partial charge on any atom is -0.490 e. The Hall–Kier alpha value is -2.65. The van der Waals surface area contributed by atoms with E-state index >= 15 is 0 Å². The Morgan fingerprint density at radius 2 is 1.83 bits per heavy atom. The van der Waals surface area contributed by atoms with Crippen LogP contribution in [0.5, 0.6) is 5.75 Å². The molecule has 29 heavy (non-hydrogen) atoms. The van der Waals surface area contributed by atoms with Crippen LogP contribution >= 0.6 is 0 Å². The van der Waals surface area contributed by atoms with Crippen molar-refractivity contribution < 1.29 is 18.0 Å². The van der Waals surface area contributed by atoms with E-state index in [4.69, 9.17) is 9.57 Å². The number of benzene rings is 2. The molecule has 9 heteroatoms. The van der Waals surface area contributed by atoms with Gasteiger partial charge in [0, 0.05) is 13.1 Å². The molecule has 0 aliphatic carbocycles. The van der Waals surface area contributed by atoms with Crippen LogP contribution in [0.3, 0.4) is 0 Å². The van der Waals surface area contributed by atoms with Crippen molar-refractivity contribution in [3.05, 3.63) is 48.0 Å². The van der Waals surface area contributed by atoms with Gasteiger partial charge in [0.2, 0.25) is 10.0 Å². The number of fused-ring (bicyclic) bond motifs is 1. The molecule has 1 aromatic heterocycles. The average molecular weight is 417 g/mol. The third-order valence-electron chi connectivity index (χ3n) is 4.99. The fourth-order valence-corrected chi connectivity index (χ4v) is 4.92. The van der Waals surface area contributed by atoms with Crippen molar-refractivity contribution in [1.29, 1.82) is 0 Å². The SMILES string of the molecule is Cc1ccccc1OCCOn1nnc2ccc(S(=O)(=O)N3CCCCC3)cc21. The predicted octanol–water partition coefficient (Wildman–Crippen LogP) is 2.42. The van der Waals surface area contributed by atoms with E-state index in [1.54, 1.807) is 22.5 Å². The van der Waals surface area contributed by atoms with Crippen LogP contribution < -0.4 is 9.57 Å². The number of sulfonamides is 1. The lowest BCUT2D eigenvalue weighted by Gasteiger charge is -2.25. The molecule has 1 aliphatic rings. The maximum Gasteiger partial charge on any atom is 0.243 e. The molecule has 0 saturated carbocycles. The third kappa shape index (κ3) is 4.20. The maximum absolute atomic E-state index is 12.9. The molecule has 0 bridgehead atoms. The molecule has 0 N–H and O–H groups in total. The van der Waals surface area contributed by atoms with Gasteiger partial charge in [0.05, 0.1) is 4.90 Å². The summed E-state index contributed by atoms with van der Waals surface area (Å²) >= 11 is 0. The van der Waals surface area contributed by atoms with E-state index in [0.29, 0.717) is 30.7 Å². The fraction of sp³-hybridized carbons (Fsp3) is 0.400. The van der Waals surface area contributed by atoms with Crippen molar-refractivity contribution >= 4 is 21.1 Å². The number of para-hydroxylation sites is 1. The highest BCUT2D eigenvalue weighted by molar-refractivity contribution is 7.89. The lowest BCUT2D eigenvalue weighted by molar-refractivity contribution is 0.0638. The first-order valence-electron chi connectivity index (χ1n) is 9.73. The molecule has 2 heterocycles. The molecule has 3 aromatic rings. The van der Waals surface area contributed by atoms with Crippen molar-refractivity contribution in [2.75, 3.05) is 26.3 Å². The van der Waals surface area contributed by atoms with Crippen LogP contribution in [0.2, 0.25) is 0 Å². The number of aryl methyl sites for hydroxylation is 1. The Balaban J connectivity index is 1.46. The fourth-order valence-electron chi connectivity index (χ4n) is 3.38. The Morgan fingerprint density at radius 1 is 1.03 bits per heavy atom. The summed E-state index contributed by atoms with van der Waals surface area (Å²) in [6.45, 7) is 3.68. The van der Waals surface area contributed by atoms with Gasteiger partial charge in [-0.3, -0.25) is 0 Å². The molecular weight excluding hydrogens is 392 g/mol. The molecule has 1 saturated heterocycles. The second-order valence-corrected chi connectivity index (χ2v) is 8.96. The number of aromatic nitrogens is 3. The van der Waals surface area contributed by atoms with Gasteiger partial charge in [0.15, 0.2) is 6.61 Å². The molecule has 154 valence electrons. The normalized spacial score (nSPS) is 15.5. The van der Waals surface area contributed by atoms with Crippen LogP contribution in [0.15, 0.2) is 47.4 Å². The summed E-state index contributed by atoms with van der Waals surface area (Å²) in [6, 6.07) is 12.6. The minimum absolute atomic E-state index is 0.232. The zero-order chi connectivity index (χ0) is 20.3. The largest absolute Gasteiger partial charge is 0.490 e. The minimum atomic E-state index is -3.53. The Kier molecular flexibility index (Phi) is 5.68. The number of hydrogen-bond acceptors (Lipinski definition) is 6. The molecule has 0 radical (unpaired) electrons. The number of piperidine rings is 1. The van der Waals surface area contributed by atoms with E-state index in [9.17, 15) is 8.42 Å². The van der Waals surface area contributed by atoms with Crippen LogP contribution in [0.4, 0.5) is 0 Å². The van der Waals surface area contributed by atoms with E-state index in [0.717, 1.165) is 30.6 Å². The molecule has 0 atom stereocenters. The molecule has 8 nitrogen and oxygen atoms in total. The molecule has 0 unspecified atom stereocenters. The van der Waals surface area contributed by atoms with E-state index in [-0.39, 0.29) is 11.5 Å². The average Bonchev–Trinajstić information content (AvgIpc) is 3.15. The number of nitrogens with zero attached hydrogens (tertiary/aromatic N) is 4. The van der Waals surface area contributed by atoms with Gasteiger partial charge >= 0.3 is 0 Å². The van der Waals surface area contributed by atoms with E-state index in [1.807, 2.05) is 31.2 Å². The zero-order valence-electron chi connectivity index (χ0n) is 16.3. The van der Waals surface area contributed by atoms with Crippen molar-refractivity contribution in [3.63, 3.8) is 0 Å². The lowest BCUT2D eigenvalue weighted by Crippen LogP contribution is -2.35. The first kappa shape index (κ1) is 19.7. The molecule has 1 fully saturated rings. The van der Waals surface area contributed by atoms with Gasteiger partial charge < -0.3 is 9.57 Å². The number of ether oxygens (including phenoxy) is 1. The van der Waals surface area contributed by atoms with Crippen molar-refractivity contribution in [3.8, 4) is 5.75 Å². The van der Waals surface area contributed by atoms with E-state index < -0.39 is 10.0 Å². The summed E-state index contributed by atoms with van der Waals surface area (Å²) < 4.78 is 33.1. The smallest absolute Gasteiger partial charge is 0.243 e. The van der Waals surface area contributed by atoms with Gasteiger partial charge in [-0.2, -0.15) is 4.31 Å². The summed E-state index contributed by atoms with van der Waals surface area (Å²) in [4.78, 5) is 7.13. The highest BCUT2D eigenvalue weighted by atomic mass is 32.2. The van der Waals surface area contributed by atoms with Crippen molar-refractivity contribution in [1.82, 2.24) is 19.5 Å². The van der Waals surface area contributed by atoms with E-state index in [1.165, 1.54) is 4.85 Å². The Labute approximate surface area is 170 Å². The van der Waals surface area contributed by atoms with Gasteiger partial charge in [0.25, 0.3) is 0 Å². The summed E-state index contributed by atoms with van der Waals surface area (Å²) in [7, 11) is -3.53. The molecule has 2 aromatic carbocycles. The van der Waals surface area contributed by atoms with Gasteiger partial charge in [-0.1, -0.05) is 29.5 Å². The molecule has 0 spiro atoms. The van der Waals surface area contributed by atoms with Gasteiger partial charge in [-0.25, -0.2) is 8.42 Å². The van der Waals surface area contributed by atoms with Gasteiger partial charge in [0.1, 0.15) is 23.4 Å². The summed E-state index contributed by atoms with van der Waals surface area (Å²) in [5.74, 6) is 0.800. The number of hydrogen-bond donors (Lipinski definition) is 0. The Bertz CT molecular complexity index is 1090. The molecule has 1 aliphatic heterocycles. The summed E-state index contributed by atoms with van der Waals surface area (Å²) in [6.07, 6.45) is 2.86. The van der Waals surface area contributed by atoms with Crippen molar-refractivity contribution in [2.45, 2.75) is 31.1 Å². The summed E-state index contributed by atoms with van der Waals surface area (Å²) in [5.41, 5.74) is 2.13. The third-order valence-corrected chi connectivity index (χ3v) is 6.88. The molecule has 4 rings (SSSR count). The molecule has 0 amide bonds. The van der Waals surface area contributed by atoms with E-state index in [2.05, 4.69) is 10.3 Å². The van der Waals surface area contributed by atoms with Crippen LogP contribution in [-0.4, -0.2) is 54.2 Å². The van der Waals surface area contributed by atoms with Gasteiger partial charge in [-0.15, -0.1) is 5.10 Å². The highest BCUT2D eigenvalue weighted by Gasteiger charge is 2.26. The standard InChI is InChI=1S/C20H24N4O4S/c1-16-7-3-4-8-20(16)27-13-14-28-24-19-15-17(9-10-18(19)21-22-24)29(25,26)23-11-5-2-6-12-23/h3-4,7-10,15H,2,5-6,11-14H2,1H3. The highest BCUT2D eigenvalue weighted by Crippen LogP contribution is 2.23. The van der Waals surface area contributed by atoms with Crippen LogP contribution in [0.1, 0.15) is 24.8 Å². The number of rotatable bonds is 7. The zero-order valence-corrected chi connectivity index (χ0v) is 17.1. The van der Waals surface area contributed by atoms with Crippen LogP contribution in [0.25, 0.3) is 11.0 Å². The summed E-state index contributed by atoms with van der Waals surface area (Å²) in [5, 5.41) is 8.02. The first-order valence-corrected chi connectivity index (χ1v) is 11.2. The van der Waals surface area contributed by atoms with Gasteiger partial charge in [-0.05, 0) is 54.8 Å².